The average molecular weight is 195 g/mol. The van der Waals surface area contributed by atoms with E-state index in [2.05, 4.69) is 22.1 Å². The van der Waals surface area contributed by atoms with Crippen molar-refractivity contribution in [2.75, 3.05) is 13.6 Å². The van der Waals surface area contributed by atoms with Crippen molar-refractivity contribution in [2.24, 2.45) is 0 Å². The summed E-state index contributed by atoms with van der Waals surface area (Å²) in [6.45, 7) is 1.12. The van der Waals surface area contributed by atoms with Gasteiger partial charge < -0.3 is 9.42 Å². The van der Waals surface area contributed by atoms with Gasteiger partial charge in [0.25, 0.3) is 0 Å². The number of rotatable bonds is 3. The van der Waals surface area contributed by atoms with E-state index in [1.807, 2.05) is 0 Å². The van der Waals surface area contributed by atoms with E-state index >= 15 is 0 Å². The van der Waals surface area contributed by atoms with E-state index in [9.17, 15) is 4.79 Å². The first-order valence-corrected chi connectivity index (χ1v) is 4.77. The number of likely N-dealkylation sites (tertiary alicyclic amines) is 1. The first-order chi connectivity index (χ1) is 6.79. The molecule has 0 aliphatic carbocycles. The minimum atomic E-state index is 0.139. The van der Waals surface area contributed by atoms with Gasteiger partial charge in [-0.15, -0.1) is 0 Å². The molecule has 76 valence electrons. The zero-order valence-corrected chi connectivity index (χ0v) is 8.14. The van der Waals surface area contributed by atoms with Crippen molar-refractivity contribution in [1.82, 2.24) is 15.0 Å². The van der Waals surface area contributed by atoms with Crippen molar-refractivity contribution in [3.8, 4) is 0 Å². The molecule has 1 aromatic rings. The molecule has 2 rings (SSSR count). The lowest BCUT2D eigenvalue weighted by molar-refractivity contribution is 0.111. The largest absolute Gasteiger partial charge is 0.339 e. The van der Waals surface area contributed by atoms with Gasteiger partial charge in [-0.25, -0.2) is 0 Å². The maximum Gasteiger partial charge on any atom is 0.235 e. The van der Waals surface area contributed by atoms with Crippen LogP contribution in [0.3, 0.4) is 0 Å². The molecule has 0 bridgehead atoms. The fourth-order valence-electron chi connectivity index (χ4n) is 1.84. The van der Waals surface area contributed by atoms with E-state index in [1.165, 1.54) is 6.42 Å². The number of nitrogens with zero attached hydrogens (tertiary/aromatic N) is 3. The standard InChI is InChI=1S/C9H13N3O2/c1-12-4-2-3-7(12)5-9-10-8(6-13)11-14-9/h6-7H,2-5H2,1H3. The van der Waals surface area contributed by atoms with Crippen LogP contribution in [0.4, 0.5) is 0 Å². The maximum atomic E-state index is 10.3. The molecule has 1 aliphatic heterocycles. The second-order valence-corrected chi connectivity index (χ2v) is 3.64. The summed E-state index contributed by atoms with van der Waals surface area (Å²) in [5.41, 5.74) is 0. The molecular formula is C9H13N3O2. The molecule has 14 heavy (non-hydrogen) atoms. The van der Waals surface area contributed by atoms with Crippen LogP contribution in [-0.4, -0.2) is 41.0 Å². The summed E-state index contributed by atoms with van der Waals surface area (Å²) >= 11 is 0. The van der Waals surface area contributed by atoms with Crippen molar-refractivity contribution in [2.45, 2.75) is 25.3 Å². The van der Waals surface area contributed by atoms with Crippen molar-refractivity contribution in [1.29, 1.82) is 0 Å². The Kier molecular flexibility index (Phi) is 2.58. The smallest absolute Gasteiger partial charge is 0.235 e. The summed E-state index contributed by atoms with van der Waals surface area (Å²) in [7, 11) is 2.09. The lowest BCUT2D eigenvalue weighted by Gasteiger charge is -2.16. The molecule has 1 fully saturated rings. The van der Waals surface area contributed by atoms with Gasteiger partial charge in [-0.3, -0.25) is 4.79 Å². The number of hydrogen-bond acceptors (Lipinski definition) is 5. The lowest BCUT2D eigenvalue weighted by Crippen LogP contribution is -2.26. The predicted molar refractivity (Wildman–Crippen MR) is 49.0 cm³/mol. The van der Waals surface area contributed by atoms with Crippen LogP contribution >= 0.6 is 0 Å². The van der Waals surface area contributed by atoms with Crippen molar-refractivity contribution >= 4 is 6.29 Å². The van der Waals surface area contributed by atoms with Gasteiger partial charge in [-0.1, -0.05) is 5.16 Å². The van der Waals surface area contributed by atoms with Gasteiger partial charge in [0.1, 0.15) is 0 Å². The molecule has 1 aromatic heterocycles. The number of likely N-dealkylation sites (N-methyl/N-ethyl adjacent to an activating group) is 1. The summed E-state index contributed by atoms with van der Waals surface area (Å²) in [6.07, 6.45) is 3.73. The van der Waals surface area contributed by atoms with Crippen LogP contribution < -0.4 is 0 Å². The monoisotopic (exact) mass is 195 g/mol. The summed E-state index contributed by atoms with van der Waals surface area (Å²) < 4.78 is 4.95. The molecule has 1 unspecified atom stereocenters. The Labute approximate surface area is 82.1 Å². The van der Waals surface area contributed by atoms with Crippen LogP contribution in [-0.2, 0) is 6.42 Å². The highest BCUT2D eigenvalue weighted by atomic mass is 16.5. The molecule has 0 spiro atoms. The molecule has 1 saturated heterocycles. The Morgan fingerprint density at radius 3 is 3.14 bits per heavy atom. The second-order valence-electron chi connectivity index (χ2n) is 3.64. The van der Waals surface area contributed by atoms with E-state index in [-0.39, 0.29) is 5.82 Å². The molecule has 0 aromatic carbocycles. The van der Waals surface area contributed by atoms with E-state index in [0.717, 1.165) is 19.4 Å². The normalized spacial score (nSPS) is 22.8. The van der Waals surface area contributed by atoms with E-state index in [4.69, 9.17) is 4.52 Å². The topological polar surface area (TPSA) is 59.2 Å². The van der Waals surface area contributed by atoms with Crippen LogP contribution in [0.25, 0.3) is 0 Å². The zero-order valence-electron chi connectivity index (χ0n) is 8.14. The number of carbonyl (C=O) groups is 1. The predicted octanol–water partition coefficient (Wildman–Crippen LogP) is 0.519. The summed E-state index contributed by atoms with van der Waals surface area (Å²) in [6, 6.07) is 0.481. The van der Waals surface area contributed by atoms with E-state index in [0.29, 0.717) is 18.2 Å². The van der Waals surface area contributed by atoms with Crippen molar-refractivity contribution in [3.63, 3.8) is 0 Å². The average Bonchev–Trinajstić information content (AvgIpc) is 2.77. The molecule has 2 heterocycles. The van der Waals surface area contributed by atoms with Crippen LogP contribution in [0.2, 0.25) is 0 Å². The molecule has 5 nitrogen and oxygen atoms in total. The number of hydrogen-bond donors (Lipinski definition) is 0. The number of aromatic nitrogens is 2. The van der Waals surface area contributed by atoms with Crippen molar-refractivity contribution in [3.05, 3.63) is 11.7 Å². The molecule has 0 N–H and O–H groups in total. The minimum absolute atomic E-state index is 0.139. The summed E-state index contributed by atoms with van der Waals surface area (Å²) in [5.74, 6) is 0.700. The first-order valence-electron chi connectivity index (χ1n) is 4.77. The van der Waals surface area contributed by atoms with E-state index in [1.54, 1.807) is 0 Å². The molecule has 0 saturated carbocycles. The Morgan fingerprint density at radius 2 is 2.57 bits per heavy atom. The molecule has 1 aliphatic rings. The number of aldehydes is 1. The quantitative estimate of drug-likeness (QED) is 0.658. The van der Waals surface area contributed by atoms with Crippen LogP contribution in [0.15, 0.2) is 4.52 Å². The van der Waals surface area contributed by atoms with Gasteiger partial charge in [-0.2, -0.15) is 4.98 Å². The molecule has 5 heteroatoms. The Hall–Kier alpha value is -1.23. The van der Waals surface area contributed by atoms with Gasteiger partial charge in [0.15, 0.2) is 6.29 Å². The van der Waals surface area contributed by atoms with Gasteiger partial charge in [0, 0.05) is 12.5 Å². The summed E-state index contributed by atoms with van der Waals surface area (Å²) in [4.78, 5) is 16.6. The third kappa shape index (κ3) is 1.82. The van der Waals surface area contributed by atoms with Crippen LogP contribution in [0.1, 0.15) is 29.4 Å². The molecular weight excluding hydrogens is 182 g/mol. The van der Waals surface area contributed by atoms with Gasteiger partial charge in [0.2, 0.25) is 11.7 Å². The zero-order chi connectivity index (χ0) is 9.97. The minimum Gasteiger partial charge on any atom is -0.339 e. The van der Waals surface area contributed by atoms with Gasteiger partial charge in [-0.05, 0) is 26.4 Å². The third-order valence-corrected chi connectivity index (χ3v) is 2.67. The maximum absolute atomic E-state index is 10.3. The molecule has 0 radical (unpaired) electrons. The van der Waals surface area contributed by atoms with Crippen molar-refractivity contribution < 1.29 is 9.32 Å². The van der Waals surface area contributed by atoms with Gasteiger partial charge >= 0.3 is 0 Å². The summed E-state index contributed by atoms with van der Waals surface area (Å²) in [5, 5.41) is 3.53. The van der Waals surface area contributed by atoms with E-state index < -0.39 is 0 Å². The molecule has 1 atom stereocenters. The highest BCUT2D eigenvalue weighted by Crippen LogP contribution is 2.18. The Bertz CT molecular complexity index is 324. The Balaban J connectivity index is 1.99. The Morgan fingerprint density at radius 1 is 1.71 bits per heavy atom. The molecule has 0 amide bonds. The fraction of sp³-hybridized carbons (Fsp3) is 0.667. The van der Waals surface area contributed by atoms with Crippen LogP contribution in [0, 0.1) is 0 Å². The SMILES string of the molecule is CN1CCCC1Cc1nc(C=O)no1. The number of carbonyl (C=O) groups excluding carboxylic acids is 1. The van der Waals surface area contributed by atoms with Crippen LogP contribution in [0.5, 0.6) is 0 Å². The highest BCUT2D eigenvalue weighted by Gasteiger charge is 2.23. The fourth-order valence-corrected chi connectivity index (χ4v) is 1.84. The first kappa shape index (κ1) is 9.33. The third-order valence-electron chi connectivity index (χ3n) is 2.67. The second kappa shape index (κ2) is 3.88. The van der Waals surface area contributed by atoms with Gasteiger partial charge in [0.05, 0.1) is 0 Å². The highest BCUT2D eigenvalue weighted by molar-refractivity contribution is 5.68. The lowest BCUT2D eigenvalue weighted by atomic mass is 10.1.